The first kappa shape index (κ1) is 32.8. The molecule has 0 spiro atoms. The minimum absolute atomic E-state index is 0.0297. The van der Waals surface area contributed by atoms with Crippen LogP contribution in [0.5, 0.6) is 0 Å². The molecule has 7 nitrogen and oxygen atoms in total. The third-order valence-electron chi connectivity index (χ3n) is 7.80. The molecule has 1 saturated carbocycles. The molecule has 1 N–H and O–H groups in total. The number of rotatable bonds is 13. The molecule has 1 atom stereocenters. The van der Waals surface area contributed by atoms with Gasteiger partial charge in [-0.25, -0.2) is 8.42 Å². The fraction of sp³-hybridized carbons (Fsp3) is 0.394. The maximum atomic E-state index is 14.1. The Morgan fingerprint density at radius 2 is 1.60 bits per heavy atom. The molecule has 3 aromatic rings. The van der Waals surface area contributed by atoms with Crippen LogP contribution < -0.4 is 9.62 Å². The Morgan fingerprint density at radius 3 is 2.23 bits per heavy atom. The highest BCUT2D eigenvalue weighted by atomic mass is 35.5. The van der Waals surface area contributed by atoms with E-state index in [2.05, 4.69) is 5.32 Å². The van der Waals surface area contributed by atoms with Gasteiger partial charge in [-0.3, -0.25) is 13.9 Å². The smallest absolute Gasteiger partial charge is 0.243 e. The lowest BCUT2D eigenvalue weighted by atomic mass is 10.0. The Kier molecular flexibility index (Phi) is 11.5. The van der Waals surface area contributed by atoms with Crippen molar-refractivity contribution in [2.45, 2.75) is 70.5 Å². The minimum atomic E-state index is -3.59. The number of nitrogens with zero attached hydrogens (tertiary/aromatic N) is 2. The molecule has 0 bridgehead atoms. The summed E-state index contributed by atoms with van der Waals surface area (Å²) < 4.78 is 26.7. The number of carbonyl (C=O) groups excluding carboxylic acids is 2. The van der Waals surface area contributed by atoms with Gasteiger partial charge in [0.05, 0.1) is 11.9 Å². The molecule has 1 aliphatic carbocycles. The van der Waals surface area contributed by atoms with E-state index in [1.165, 1.54) is 4.31 Å². The molecule has 1 fully saturated rings. The zero-order chi connectivity index (χ0) is 31.0. The van der Waals surface area contributed by atoms with E-state index in [1.54, 1.807) is 41.3 Å². The summed E-state index contributed by atoms with van der Waals surface area (Å²) in [4.78, 5) is 29.5. The van der Waals surface area contributed by atoms with Gasteiger partial charge in [-0.05, 0) is 61.6 Å². The molecular formula is C33H39Cl2N3O4S. The van der Waals surface area contributed by atoms with Crippen LogP contribution in [-0.4, -0.2) is 50.0 Å². The Bertz CT molecular complexity index is 1490. The lowest BCUT2D eigenvalue weighted by molar-refractivity contribution is -0.141. The van der Waals surface area contributed by atoms with Crippen LogP contribution in [0.15, 0.2) is 72.8 Å². The zero-order valence-corrected chi connectivity index (χ0v) is 27.0. The van der Waals surface area contributed by atoms with Gasteiger partial charge in [0.15, 0.2) is 0 Å². The summed E-state index contributed by atoms with van der Waals surface area (Å²) in [5.41, 5.74) is 2.96. The summed E-state index contributed by atoms with van der Waals surface area (Å²) in [6, 6.07) is 21.3. The number of aryl methyl sites for hydroxylation is 1. The molecule has 1 aliphatic rings. The molecule has 0 aliphatic heterocycles. The van der Waals surface area contributed by atoms with E-state index in [4.69, 9.17) is 23.2 Å². The number of hydrogen-bond acceptors (Lipinski definition) is 4. The van der Waals surface area contributed by atoms with Crippen molar-refractivity contribution >= 4 is 50.7 Å². The van der Waals surface area contributed by atoms with Gasteiger partial charge in [-0.15, -0.1) is 0 Å². The average molecular weight is 645 g/mol. The van der Waals surface area contributed by atoms with E-state index >= 15 is 0 Å². The first-order valence-corrected chi connectivity index (χ1v) is 17.2. The van der Waals surface area contributed by atoms with Crippen LogP contribution in [0, 0.1) is 6.92 Å². The van der Waals surface area contributed by atoms with Crippen molar-refractivity contribution in [3.05, 3.63) is 99.5 Å². The van der Waals surface area contributed by atoms with Crippen LogP contribution in [0.25, 0.3) is 0 Å². The van der Waals surface area contributed by atoms with E-state index in [0.29, 0.717) is 27.7 Å². The number of carbonyl (C=O) groups is 2. The second-order valence-corrected chi connectivity index (χ2v) is 13.9. The summed E-state index contributed by atoms with van der Waals surface area (Å²) in [5, 5.41) is 3.99. The molecule has 2 amide bonds. The largest absolute Gasteiger partial charge is 0.352 e. The van der Waals surface area contributed by atoms with Gasteiger partial charge >= 0.3 is 0 Å². The molecule has 4 rings (SSSR count). The topological polar surface area (TPSA) is 86.8 Å². The molecule has 0 aromatic heterocycles. The maximum absolute atomic E-state index is 14.1. The van der Waals surface area contributed by atoms with Gasteiger partial charge in [-0.2, -0.15) is 0 Å². The van der Waals surface area contributed by atoms with E-state index in [9.17, 15) is 18.0 Å². The van der Waals surface area contributed by atoms with E-state index in [1.807, 2.05) is 43.3 Å². The average Bonchev–Trinajstić information content (AvgIpc) is 3.47. The number of anilines is 1. The third kappa shape index (κ3) is 9.21. The molecule has 230 valence electrons. The Balaban J connectivity index is 1.62. The first-order valence-electron chi connectivity index (χ1n) is 14.6. The minimum Gasteiger partial charge on any atom is -0.352 e. The number of amides is 2. The molecule has 0 radical (unpaired) electrons. The maximum Gasteiger partial charge on any atom is 0.243 e. The second kappa shape index (κ2) is 15.1. The van der Waals surface area contributed by atoms with Crippen LogP contribution in [0.3, 0.4) is 0 Å². The van der Waals surface area contributed by atoms with Crippen molar-refractivity contribution in [2.75, 3.05) is 17.1 Å². The molecule has 1 unspecified atom stereocenters. The van der Waals surface area contributed by atoms with Crippen LogP contribution in [-0.2, 0) is 32.6 Å². The first-order chi connectivity index (χ1) is 20.5. The van der Waals surface area contributed by atoms with Crippen LogP contribution in [0.2, 0.25) is 10.0 Å². The molecule has 10 heteroatoms. The van der Waals surface area contributed by atoms with Gasteiger partial charge in [0, 0.05) is 47.6 Å². The lowest BCUT2D eigenvalue weighted by Crippen LogP contribution is -2.52. The Hall–Kier alpha value is -3.07. The Morgan fingerprint density at radius 1 is 0.953 bits per heavy atom. The van der Waals surface area contributed by atoms with Crippen molar-refractivity contribution < 1.29 is 18.0 Å². The molecule has 43 heavy (non-hydrogen) atoms. The summed E-state index contributed by atoms with van der Waals surface area (Å²) in [5.74, 6) is -0.499. The molecule has 0 saturated heterocycles. The normalized spacial score (nSPS) is 14.3. The Labute approximate surface area is 265 Å². The highest BCUT2D eigenvalue weighted by Crippen LogP contribution is 2.28. The zero-order valence-electron chi connectivity index (χ0n) is 24.6. The second-order valence-electron chi connectivity index (χ2n) is 11.2. The number of benzene rings is 3. The van der Waals surface area contributed by atoms with Crippen LogP contribution >= 0.6 is 23.2 Å². The monoisotopic (exact) mass is 643 g/mol. The van der Waals surface area contributed by atoms with Crippen LogP contribution in [0.4, 0.5) is 5.69 Å². The van der Waals surface area contributed by atoms with E-state index in [-0.39, 0.29) is 43.8 Å². The third-order valence-corrected chi connectivity index (χ3v) is 9.71. The van der Waals surface area contributed by atoms with Gasteiger partial charge in [-0.1, -0.05) is 84.6 Å². The van der Waals surface area contributed by atoms with Crippen molar-refractivity contribution in [1.29, 1.82) is 0 Å². The number of sulfonamides is 1. The lowest BCUT2D eigenvalue weighted by Gasteiger charge is -2.33. The summed E-state index contributed by atoms with van der Waals surface area (Å²) in [6.07, 6.45) is 5.70. The predicted octanol–water partition coefficient (Wildman–Crippen LogP) is 6.55. The summed E-state index contributed by atoms with van der Waals surface area (Å²) >= 11 is 13.1. The summed E-state index contributed by atoms with van der Waals surface area (Å²) in [7, 11) is -3.59. The number of hydrogen-bond donors (Lipinski definition) is 1. The molecular weight excluding hydrogens is 605 g/mol. The molecule has 3 aromatic carbocycles. The van der Waals surface area contributed by atoms with Crippen LogP contribution in [0.1, 0.15) is 55.2 Å². The van der Waals surface area contributed by atoms with Crippen molar-refractivity contribution in [1.82, 2.24) is 10.2 Å². The quantitative estimate of drug-likeness (QED) is 0.229. The predicted molar refractivity (Wildman–Crippen MR) is 174 cm³/mol. The van der Waals surface area contributed by atoms with Crippen molar-refractivity contribution in [3.8, 4) is 0 Å². The SMILES string of the molecule is Cc1cccc(N(CCCC(=O)N(Cc2c(Cl)cccc2Cl)C(Cc2ccccc2)C(=O)NC2CCCC2)S(C)(=O)=O)c1. The standard InChI is InChI=1S/C33H39Cl2N3O4S/c1-24-11-8-16-27(21-24)38(43(2,41)42)20-10-19-32(39)37(23-28-29(34)17-9-18-30(28)35)31(22-25-12-4-3-5-13-25)33(40)36-26-14-6-7-15-26/h3-5,8-9,11-13,16-18,21,26,31H,6-7,10,14-15,19-20,22-23H2,1-2H3,(H,36,40). The van der Waals surface area contributed by atoms with E-state index < -0.39 is 16.1 Å². The number of nitrogens with one attached hydrogen (secondary N) is 1. The molecule has 0 heterocycles. The highest BCUT2D eigenvalue weighted by Gasteiger charge is 2.33. The highest BCUT2D eigenvalue weighted by molar-refractivity contribution is 7.92. The van der Waals surface area contributed by atoms with Crippen molar-refractivity contribution in [2.24, 2.45) is 0 Å². The van der Waals surface area contributed by atoms with E-state index in [0.717, 1.165) is 43.1 Å². The summed E-state index contributed by atoms with van der Waals surface area (Å²) in [6.45, 7) is 2.06. The van der Waals surface area contributed by atoms with Gasteiger partial charge in [0.1, 0.15) is 6.04 Å². The van der Waals surface area contributed by atoms with Crippen molar-refractivity contribution in [3.63, 3.8) is 0 Å². The van der Waals surface area contributed by atoms with Gasteiger partial charge in [0.2, 0.25) is 21.8 Å². The fourth-order valence-corrected chi connectivity index (χ4v) is 7.04. The number of halogens is 2. The van der Waals surface area contributed by atoms with Gasteiger partial charge < -0.3 is 10.2 Å². The van der Waals surface area contributed by atoms with Gasteiger partial charge in [0.25, 0.3) is 0 Å². The fourth-order valence-electron chi connectivity index (χ4n) is 5.56.